The molecule has 104 valence electrons. The van der Waals surface area contributed by atoms with Crippen LogP contribution in [0, 0.1) is 6.92 Å². The van der Waals surface area contributed by atoms with Gasteiger partial charge in [0.15, 0.2) is 5.76 Å². The number of fused-ring (bicyclic) bond motifs is 1. The van der Waals surface area contributed by atoms with Crippen molar-refractivity contribution >= 4 is 15.9 Å². The fourth-order valence-electron chi connectivity index (χ4n) is 2.51. The first kappa shape index (κ1) is 13.9. The summed E-state index contributed by atoms with van der Waals surface area (Å²) in [5.41, 5.74) is 2.28. The van der Waals surface area contributed by atoms with Crippen LogP contribution in [0.2, 0.25) is 0 Å². The number of hydrogen-bond acceptors (Lipinski definition) is 4. The molecule has 3 N–H and O–H groups in total. The predicted molar refractivity (Wildman–Crippen MR) is 71.7 cm³/mol. The minimum atomic E-state index is -3.99. The summed E-state index contributed by atoms with van der Waals surface area (Å²) in [6.45, 7) is 1.84. The average molecular weight is 284 g/mol. The summed E-state index contributed by atoms with van der Waals surface area (Å²) in [7, 11) is -3.99. The first-order valence-electron chi connectivity index (χ1n) is 5.98. The van der Waals surface area contributed by atoms with Gasteiger partial charge in [0.25, 0.3) is 10.1 Å². The molecule has 1 aliphatic rings. The van der Waals surface area contributed by atoms with E-state index in [2.05, 4.69) is 0 Å². The minimum Gasteiger partial charge on any atom is -0.508 e. The number of hydrogen-bond donors (Lipinski definition) is 3. The molecule has 2 rings (SSSR count). The van der Waals surface area contributed by atoms with Gasteiger partial charge in [0.2, 0.25) is 0 Å². The number of benzene rings is 1. The summed E-state index contributed by atoms with van der Waals surface area (Å²) < 4.78 is 30.1. The van der Waals surface area contributed by atoms with Crippen LogP contribution >= 0.6 is 0 Å². The van der Waals surface area contributed by atoms with Crippen LogP contribution in [0.3, 0.4) is 0 Å². The Hall–Kier alpha value is -1.53. The van der Waals surface area contributed by atoms with E-state index in [1.807, 2.05) is 19.1 Å². The molecule has 0 aliphatic heterocycles. The molecule has 6 heteroatoms. The van der Waals surface area contributed by atoms with Crippen LogP contribution in [-0.2, 0) is 10.1 Å². The van der Waals surface area contributed by atoms with Crippen LogP contribution in [0.25, 0.3) is 5.76 Å². The summed E-state index contributed by atoms with van der Waals surface area (Å²) in [6, 6.07) is 5.47. The quantitative estimate of drug-likeness (QED) is 0.738. The summed E-state index contributed by atoms with van der Waals surface area (Å²) >= 11 is 0. The Morgan fingerprint density at radius 2 is 1.95 bits per heavy atom. The summed E-state index contributed by atoms with van der Waals surface area (Å²) in [5, 5.41) is 19.9. The standard InChI is InChI=1S/C13H16O5S/c1-8-4-2-5-9-10(6-3-7-19(16,17)18)12(14)13(15)11(8)9/h2,4-5,10,14-15H,3,6-7H2,1H3,(H,16,17,18). The molecule has 1 atom stereocenters. The van der Waals surface area contributed by atoms with Crippen LogP contribution in [0.5, 0.6) is 0 Å². The Morgan fingerprint density at radius 1 is 1.26 bits per heavy atom. The van der Waals surface area contributed by atoms with Gasteiger partial charge in [0.1, 0.15) is 5.76 Å². The Labute approximate surface area is 112 Å². The Bertz CT molecular complexity index is 630. The molecule has 0 bridgehead atoms. The van der Waals surface area contributed by atoms with Gasteiger partial charge in [0, 0.05) is 11.5 Å². The lowest BCUT2D eigenvalue weighted by Gasteiger charge is -2.12. The third kappa shape index (κ3) is 2.74. The maximum atomic E-state index is 10.7. The third-order valence-electron chi connectivity index (χ3n) is 3.39. The molecule has 0 spiro atoms. The zero-order valence-electron chi connectivity index (χ0n) is 10.5. The van der Waals surface area contributed by atoms with Gasteiger partial charge >= 0.3 is 0 Å². The van der Waals surface area contributed by atoms with E-state index in [-0.39, 0.29) is 23.7 Å². The lowest BCUT2D eigenvalue weighted by atomic mass is 9.94. The van der Waals surface area contributed by atoms with Crippen molar-refractivity contribution in [2.45, 2.75) is 25.7 Å². The van der Waals surface area contributed by atoms with E-state index in [0.717, 1.165) is 11.1 Å². The number of allylic oxidation sites excluding steroid dienone is 1. The van der Waals surface area contributed by atoms with E-state index >= 15 is 0 Å². The summed E-state index contributed by atoms with van der Waals surface area (Å²) in [6.07, 6.45) is 0.570. The molecule has 1 aromatic rings. The molecule has 0 saturated carbocycles. The second kappa shape index (κ2) is 4.86. The summed E-state index contributed by atoms with van der Waals surface area (Å²) in [4.78, 5) is 0. The van der Waals surface area contributed by atoms with Crippen molar-refractivity contribution in [1.29, 1.82) is 0 Å². The van der Waals surface area contributed by atoms with Crippen molar-refractivity contribution in [1.82, 2.24) is 0 Å². The second-order valence-corrected chi connectivity index (χ2v) is 6.33. The van der Waals surface area contributed by atoms with Gasteiger partial charge in [-0.15, -0.1) is 0 Å². The highest BCUT2D eigenvalue weighted by Crippen LogP contribution is 2.43. The predicted octanol–water partition coefficient (Wildman–Crippen LogP) is 2.54. The lowest BCUT2D eigenvalue weighted by molar-refractivity contribution is 0.346. The minimum absolute atomic E-state index is 0.125. The molecule has 1 unspecified atom stereocenters. The number of aryl methyl sites for hydroxylation is 1. The molecule has 0 radical (unpaired) electrons. The van der Waals surface area contributed by atoms with Crippen LogP contribution in [0.1, 0.15) is 35.4 Å². The van der Waals surface area contributed by atoms with Crippen molar-refractivity contribution < 1.29 is 23.2 Å². The zero-order valence-corrected chi connectivity index (χ0v) is 11.3. The van der Waals surface area contributed by atoms with Crippen LogP contribution in [0.15, 0.2) is 24.0 Å². The maximum absolute atomic E-state index is 10.7. The van der Waals surface area contributed by atoms with Gasteiger partial charge in [-0.1, -0.05) is 18.2 Å². The third-order valence-corrected chi connectivity index (χ3v) is 4.19. The van der Waals surface area contributed by atoms with E-state index < -0.39 is 16.0 Å². The topological polar surface area (TPSA) is 94.8 Å². The van der Waals surface area contributed by atoms with Crippen molar-refractivity contribution in [2.24, 2.45) is 0 Å². The van der Waals surface area contributed by atoms with Crippen molar-refractivity contribution in [2.75, 3.05) is 5.75 Å². The van der Waals surface area contributed by atoms with Gasteiger partial charge in [-0.05, 0) is 30.9 Å². The Morgan fingerprint density at radius 3 is 2.58 bits per heavy atom. The first-order valence-corrected chi connectivity index (χ1v) is 7.59. The molecule has 1 aliphatic carbocycles. The highest BCUT2D eigenvalue weighted by Gasteiger charge is 2.32. The van der Waals surface area contributed by atoms with Crippen molar-refractivity contribution in [3.63, 3.8) is 0 Å². The first-order chi connectivity index (χ1) is 8.81. The smallest absolute Gasteiger partial charge is 0.264 e. The SMILES string of the molecule is Cc1cccc2c1C(O)=C(O)C2CCCS(=O)(=O)O. The highest BCUT2D eigenvalue weighted by molar-refractivity contribution is 7.85. The van der Waals surface area contributed by atoms with E-state index in [1.165, 1.54) is 0 Å². The van der Waals surface area contributed by atoms with Gasteiger partial charge in [-0.3, -0.25) is 4.55 Å². The van der Waals surface area contributed by atoms with E-state index in [9.17, 15) is 18.6 Å². The normalized spacial score (nSPS) is 18.7. The monoisotopic (exact) mass is 284 g/mol. The molecule has 1 aromatic carbocycles. The van der Waals surface area contributed by atoms with Crippen LogP contribution in [-0.4, -0.2) is 28.9 Å². The second-order valence-electron chi connectivity index (χ2n) is 4.75. The number of aliphatic hydroxyl groups is 2. The van der Waals surface area contributed by atoms with Gasteiger partial charge < -0.3 is 10.2 Å². The van der Waals surface area contributed by atoms with Crippen LogP contribution < -0.4 is 0 Å². The van der Waals surface area contributed by atoms with Crippen molar-refractivity contribution in [3.05, 3.63) is 40.6 Å². The van der Waals surface area contributed by atoms with Gasteiger partial charge in [0.05, 0.1) is 5.75 Å². The molecular formula is C13H16O5S. The van der Waals surface area contributed by atoms with Gasteiger partial charge in [-0.25, -0.2) is 0 Å². The van der Waals surface area contributed by atoms with E-state index in [0.29, 0.717) is 12.0 Å². The largest absolute Gasteiger partial charge is 0.508 e. The van der Waals surface area contributed by atoms with Crippen molar-refractivity contribution in [3.8, 4) is 0 Å². The molecule has 5 nitrogen and oxygen atoms in total. The van der Waals surface area contributed by atoms with E-state index in [1.54, 1.807) is 6.07 Å². The fraction of sp³-hybridized carbons (Fsp3) is 0.385. The lowest BCUT2D eigenvalue weighted by Crippen LogP contribution is -2.07. The molecular weight excluding hydrogens is 268 g/mol. The number of aliphatic hydroxyl groups excluding tert-OH is 2. The molecule has 19 heavy (non-hydrogen) atoms. The maximum Gasteiger partial charge on any atom is 0.264 e. The van der Waals surface area contributed by atoms with Gasteiger partial charge in [-0.2, -0.15) is 8.42 Å². The molecule has 0 fully saturated rings. The molecule has 0 heterocycles. The molecule has 0 saturated heterocycles. The highest BCUT2D eigenvalue weighted by atomic mass is 32.2. The number of rotatable bonds is 4. The van der Waals surface area contributed by atoms with Crippen LogP contribution in [0.4, 0.5) is 0 Å². The Balaban J connectivity index is 2.23. The zero-order chi connectivity index (χ0) is 14.2. The average Bonchev–Trinajstić information content (AvgIpc) is 2.54. The summed E-state index contributed by atoms with van der Waals surface area (Å²) in [5.74, 6) is -1.01. The Kier molecular flexibility index (Phi) is 3.56. The van der Waals surface area contributed by atoms with E-state index in [4.69, 9.17) is 4.55 Å². The fourth-order valence-corrected chi connectivity index (χ4v) is 3.04. The molecule has 0 aromatic heterocycles. The molecule has 0 amide bonds.